The van der Waals surface area contributed by atoms with Crippen molar-refractivity contribution in [1.82, 2.24) is 9.47 Å². The highest BCUT2D eigenvalue weighted by molar-refractivity contribution is 5.80. The van der Waals surface area contributed by atoms with Crippen LogP contribution in [0.1, 0.15) is 19.3 Å². The van der Waals surface area contributed by atoms with Crippen molar-refractivity contribution in [1.29, 1.82) is 0 Å². The number of hydrogen-bond donors (Lipinski definition) is 1. The van der Waals surface area contributed by atoms with E-state index in [1.165, 1.54) is 5.39 Å². The number of fused-ring (bicyclic) bond motifs is 1. The molecule has 1 saturated heterocycles. The van der Waals surface area contributed by atoms with Crippen molar-refractivity contribution in [3.8, 4) is 0 Å². The lowest BCUT2D eigenvalue weighted by molar-refractivity contribution is -0.145. The highest BCUT2D eigenvalue weighted by Gasteiger charge is 2.26. The zero-order chi connectivity index (χ0) is 15.5. The number of aryl methyl sites for hydroxylation is 1. The maximum Gasteiger partial charge on any atom is 0.306 e. The van der Waals surface area contributed by atoms with Gasteiger partial charge in [-0.2, -0.15) is 0 Å². The van der Waals surface area contributed by atoms with Crippen LogP contribution in [0.15, 0.2) is 36.5 Å². The maximum absolute atomic E-state index is 12.3. The zero-order valence-electron chi connectivity index (χ0n) is 12.4. The molecular formula is C17H20N2O3. The molecule has 1 N–H and O–H groups in total. The predicted octanol–water partition coefficient (Wildman–Crippen LogP) is 2.35. The van der Waals surface area contributed by atoms with Crippen molar-refractivity contribution in [2.24, 2.45) is 5.92 Å². The van der Waals surface area contributed by atoms with Crippen LogP contribution < -0.4 is 0 Å². The molecule has 2 aromatic rings. The van der Waals surface area contributed by atoms with E-state index in [1.54, 1.807) is 4.90 Å². The van der Waals surface area contributed by atoms with E-state index >= 15 is 0 Å². The fraction of sp³-hybridized carbons (Fsp3) is 0.412. The van der Waals surface area contributed by atoms with E-state index < -0.39 is 5.97 Å². The Hall–Kier alpha value is -2.30. The van der Waals surface area contributed by atoms with Crippen molar-refractivity contribution in [2.75, 3.05) is 13.1 Å². The van der Waals surface area contributed by atoms with Gasteiger partial charge in [0.15, 0.2) is 0 Å². The molecule has 1 fully saturated rings. The summed E-state index contributed by atoms with van der Waals surface area (Å²) in [5, 5.41) is 10.2. The topological polar surface area (TPSA) is 62.5 Å². The lowest BCUT2D eigenvalue weighted by Gasteiger charge is -2.30. The minimum Gasteiger partial charge on any atom is -0.481 e. The van der Waals surface area contributed by atoms with Crippen LogP contribution in [-0.2, 0) is 16.1 Å². The number of carboxylic acid groups (broad SMARTS) is 1. The Bertz CT molecular complexity index is 684. The number of amides is 1. The number of carbonyl (C=O) groups excluding carboxylic acids is 1. The van der Waals surface area contributed by atoms with Crippen LogP contribution >= 0.6 is 0 Å². The molecule has 116 valence electrons. The van der Waals surface area contributed by atoms with Crippen LogP contribution in [0, 0.1) is 5.92 Å². The Balaban J connectivity index is 1.56. The molecule has 0 atom stereocenters. The number of carboxylic acids is 1. The summed E-state index contributed by atoms with van der Waals surface area (Å²) >= 11 is 0. The minimum absolute atomic E-state index is 0.113. The van der Waals surface area contributed by atoms with E-state index in [4.69, 9.17) is 5.11 Å². The third-order valence-electron chi connectivity index (χ3n) is 4.44. The van der Waals surface area contributed by atoms with Gasteiger partial charge in [0.25, 0.3) is 0 Å². The molecule has 0 radical (unpaired) electrons. The smallest absolute Gasteiger partial charge is 0.306 e. The molecule has 1 aliphatic rings. The molecular weight excluding hydrogens is 280 g/mol. The quantitative estimate of drug-likeness (QED) is 0.943. The van der Waals surface area contributed by atoms with E-state index in [-0.39, 0.29) is 11.8 Å². The van der Waals surface area contributed by atoms with Crippen molar-refractivity contribution < 1.29 is 14.7 Å². The SMILES string of the molecule is O=C(O)C1CCN(C(=O)CCn2ccc3ccccc32)CC1. The predicted molar refractivity (Wildman–Crippen MR) is 83.5 cm³/mol. The summed E-state index contributed by atoms with van der Waals surface area (Å²) in [6.45, 7) is 1.77. The fourth-order valence-electron chi connectivity index (χ4n) is 3.09. The van der Waals surface area contributed by atoms with Gasteiger partial charge in [0.2, 0.25) is 5.91 Å². The average Bonchev–Trinajstić information content (AvgIpc) is 2.96. The largest absolute Gasteiger partial charge is 0.481 e. The van der Waals surface area contributed by atoms with Crippen LogP contribution in [-0.4, -0.2) is 39.5 Å². The number of aromatic nitrogens is 1. The number of nitrogens with zero attached hydrogens (tertiary/aromatic N) is 2. The number of aliphatic carboxylic acids is 1. The number of hydrogen-bond acceptors (Lipinski definition) is 2. The molecule has 2 heterocycles. The second kappa shape index (κ2) is 6.22. The average molecular weight is 300 g/mol. The molecule has 5 nitrogen and oxygen atoms in total. The Kier molecular flexibility index (Phi) is 4.13. The number of carbonyl (C=O) groups is 2. The number of para-hydroxylation sites is 1. The Morgan fingerprint density at radius 3 is 2.59 bits per heavy atom. The number of benzene rings is 1. The van der Waals surface area contributed by atoms with Gasteiger partial charge in [0, 0.05) is 37.8 Å². The summed E-state index contributed by atoms with van der Waals surface area (Å²) in [7, 11) is 0. The van der Waals surface area contributed by atoms with Gasteiger partial charge >= 0.3 is 5.97 Å². The van der Waals surface area contributed by atoms with Crippen LogP contribution in [0.4, 0.5) is 0 Å². The van der Waals surface area contributed by atoms with E-state index in [9.17, 15) is 9.59 Å². The molecule has 1 aliphatic heterocycles. The monoisotopic (exact) mass is 300 g/mol. The molecule has 0 saturated carbocycles. The van der Waals surface area contributed by atoms with Gasteiger partial charge in [-0.3, -0.25) is 9.59 Å². The molecule has 22 heavy (non-hydrogen) atoms. The van der Waals surface area contributed by atoms with Gasteiger partial charge < -0.3 is 14.6 Å². The first-order chi connectivity index (χ1) is 10.6. The second-order valence-electron chi connectivity index (χ2n) is 5.81. The lowest BCUT2D eigenvalue weighted by atomic mass is 9.97. The van der Waals surface area contributed by atoms with E-state index in [0.29, 0.717) is 38.9 Å². The zero-order valence-corrected chi connectivity index (χ0v) is 12.4. The minimum atomic E-state index is -0.745. The molecule has 0 unspecified atom stereocenters. The van der Waals surface area contributed by atoms with Gasteiger partial charge in [-0.05, 0) is 30.4 Å². The molecule has 5 heteroatoms. The van der Waals surface area contributed by atoms with Crippen LogP contribution in [0.25, 0.3) is 10.9 Å². The number of likely N-dealkylation sites (tertiary alicyclic amines) is 1. The summed E-state index contributed by atoms with van der Waals surface area (Å²) in [5.41, 5.74) is 1.14. The van der Waals surface area contributed by atoms with Crippen molar-refractivity contribution >= 4 is 22.8 Å². The lowest BCUT2D eigenvalue weighted by Crippen LogP contribution is -2.40. The van der Waals surface area contributed by atoms with Gasteiger partial charge in [0.1, 0.15) is 0 Å². The molecule has 1 aromatic carbocycles. The first-order valence-electron chi connectivity index (χ1n) is 7.69. The van der Waals surface area contributed by atoms with Gasteiger partial charge in [-0.1, -0.05) is 18.2 Å². The van der Waals surface area contributed by atoms with Gasteiger partial charge in [-0.15, -0.1) is 0 Å². The first kappa shape index (κ1) is 14.6. The van der Waals surface area contributed by atoms with Crippen LogP contribution in [0.3, 0.4) is 0 Å². The summed E-state index contributed by atoms with van der Waals surface area (Å²) in [6, 6.07) is 10.2. The Morgan fingerprint density at radius 1 is 1.14 bits per heavy atom. The highest BCUT2D eigenvalue weighted by atomic mass is 16.4. The van der Waals surface area contributed by atoms with E-state index in [2.05, 4.69) is 22.8 Å². The first-order valence-corrected chi connectivity index (χ1v) is 7.69. The third-order valence-corrected chi connectivity index (χ3v) is 4.44. The number of rotatable bonds is 4. The molecule has 1 amide bonds. The van der Waals surface area contributed by atoms with Crippen LogP contribution in [0.5, 0.6) is 0 Å². The van der Waals surface area contributed by atoms with E-state index in [1.807, 2.05) is 18.3 Å². The third kappa shape index (κ3) is 2.98. The number of piperidine rings is 1. The van der Waals surface area contributed by atoms with Crippen molar-refractivity contribution in [2.45, 2.75) is 25.8 Å². The van der Waals surface area contributed by atoms with Gasteiger partial charge in [-0.25, -0.2) is 0 Å². The molecule has 0 bridgehead atoms. The summed E-state index contributed by atoms with van der Waals surface area (Å²) < 4.78 is 2.09. The fourth-order valence-corrected chi connectivity index (χ4v) is 3.09. The second-order valence-corrected chi connectivity index (χ2v) is 5.81. The highest BCUT2D eigenvalue weighted by Crippen LogP contribution is 2.19. The maximum atomic E-state index is 12.3. The summed E-state index contributed by atoms with van der Waals surface area (Å²) in [6.07, 6.45) is 3.59. The molecule has 3 rings (SSSR count). The molecule has 0 spiro atoms. The molecule has 0 aliphatic carbocycles. The summed E-state index contributed by atoms with van der Waals surface area (Å²) in [5.74, 6) is -0.926. The van der Waals surface area contributed by atoms with Gasteiger partial charge in [0.05, 0.1) is 5.92 Å². The van der Waals surface area contributed by atoms with E-state index in [0.717, 1.165) is 5.52 Å². The standard InChI is InChI=1S/C17H20N2O3/c20-16(19-10-6-14(7-11-19)17(21)22)8-12-18-9-5-13-3-1-2-4-15(13)18/h1-5,9,14H,6-8,10-12H2,(H,21,22). The Labute approximate surface area is 129 Å². The molecule has 1 aromatic heterocycles. The normalized spacial score (nSPS) is 16.1. The van der Waals surface area contributed by atoms with Crippen molar-refractivity contribution in [3.63, 3.8) is 0 Å². The van der Waals surface area contributed by atoms with Crippen LogP contribution in [0.2, 0.25) is 0 Å². The van der Waals surface area contributed by atoms with Crippen molar-refractivity contribution in [3.05, 3.63) is 36.5 Å². The Morgan fingerprint density at radius 2 is 1.86 bits per heavy atom. The summed E-state index contributed by atoms with van der Waals surface area (Å²) in [4.78, 5) is 25.0.